The molecule has 0 saturated carbocycles. The van der Waals surface area contributed by atoms with Crippen molar-refractivity contribution in [3.63, 3.8) is 0 Å². The summed E-state index contributed by atoms with van der Waals surface area (Å²) in [6, 6.07) is 11.7. The van der Waals surface area contributed by atoms with Gasteiger partial charge in [0.15, 0.2) is 0 Å². The summed E-state index contributed by atoms with van der Waals surface area (Å²) in [5, 5.41) is 15.2. The van der Waals surface area contributed by atoms with Gasteiger partial charge in [0, 0.05) is 11.4 Å². The van der Waals surface area contributed by atoms with Crippen LogP contribution in [0.4, 0.5) is 5.69 Å². The number of hydrogen-bond donors (Lipinski definition) is 2. The fourth-order valence-electron chi connectivity index (χ4n) is 1.76. The summed E-state index contributed by atoms with van der Waals surface area (Å²) in [6.45, 7) is 0.708. The highest BCUT2D eigenvalue weighted by molar-refractivity contribution is 7.10. The smallest absolute Gasteiger partial charge is 0.141 e. The van der Waals surface area contributed by atoms with Gasteiger partial charge in [-0.2, -0.15) is 0 Å². The molecule has 1 aromatic heterocycles. The molecule has 1 aromatic carbocycles. The molecular weight excluding hydrogens is 246 g/mol. The van der Waals surface area contributed by atoms with Gasteiger partial charge in [-0.1, -0.05) is 18.2 Å². The molecule has 0 aliphatic rings. The van der Waals surface area contributed by atoms with Gasteiger partial charge in [0.25, 0.3) is 0 Å². The summed E-state index contributed by atoms with van der Waals surface area (Å²) < 4.78 is 5.25. The summed E-state index contributed by atoms with van der Waals surface area (Å²) in [4.78, 5) is 1.01. The lowest BCUT2D eigenvalue weighted by Crippen LogP contribution is -2.07. The number of aliphatic hydroxyl groups is 1. The molecule has 0 spiro atoms. The van der Waals surface area contributed by atoms with Crippen molar-refractivity contribution in [3.05, 3.63) is 46.7 Å². The van der Waals surface area contributed by atoms with Crippen LogP contribution in [-0.2, 0) is 0 Å². The predicted octanol–water partition coefficient (Wildman–Crippen LogP) is 3.29. The third kappa shape index (κ3) is 3.24. The third-order valence-electron chi connectivity index (χ3n) is 2.71. The van der Waals surface area contributed by atoms with Gasteiger partial charge in [-0.05, 0) is 30.0 Å². The lowest BCUT2D eigenvalue weighted by molar-refractivity contribution is 0.175. The van der Waals surface area contributed by atoms with Gasteiger partial charge in [-0.25, -0.2) is 0 Å². The van der Waals surface area contributed by atoms with Crippen molar-refractivity contribution in [3.8, 4) is 5.75 Å². The molecule has 1 unspecified atom stereocenters. The van der Waals surface area contributed by atoms with Crippen molar-refractivity contribution in [2.45, 2.75) is 12.5 Å². The number of ether oxygens (including phenoxy) is 1. The number of para-hydroxylation sites is 2. The zero-order chi connectivity index (χ0) is 12.8. The first-order valence-electron chi connectivity index (χ1n) is 5.89. The Bertz CT molecular complexity index is 470. The molecule has 2 aromatic rings. The summed E-state index contributed by atoms with van der Waals surface area (Å²) in [5.74, 6) is 0.822. The molecule has 0 aliphatic heterocycles. The highest BCUT2D eigenvalue weighted by Crippen LogP contribution is 2.25. The van der Waals surface area contributed by atoms with Gasteiger partial charge in [-0.15, -0.1) is 11.3 Å². The number of hydrogen-bond acceptors (Lipinski definition) is 4. The Labute approximate surface area is 111 Å². The largest absolute Gasteiger partial charge is 0.495 e. The Kier molecular flexibility index (Phi) is 4.61. The standard InChI is InChI=1S/C14H17NO2S/c1-17-13-6-3-2-5-11(13)15-9-8-12(16)14-7-4-10-18-14/h2-7,10,12,15-16H,8-9H2,1H3. The maximum absolute atomic E-state index is 9.95. The van der Waals surface area contributed by atoms with Crippen molar-refractivity contribution in [1.82, 2.24) is 0 Å². The van der Waals surface area contributed by atoms with E-state index in [2.05, 4.69) is 5.32 Å². The number of anilines is 1. The summed E-state index contributed by atoms with van der Waals surface area (Å²) in [6.07, 6.45) is 0.283. The first-order valence-corrected chi connectivity index (χ1v) is 6.77. The monoisotopic (exact) mass is 263 g/mol. The van der Waals surface area contributed by atoms with Crippen LogP contribution in [0.25, 0.3) is 0 Å². The third-order valence-corrected chi connectivity index (χ3v) is 3.69. The minimum absolute atomic E-state index is 0.396. The highest BCUT2D eigenvalue weighted by Gasteiger charge is 2.08. The highest BCUT2D eigenvalue weighted by atomic mass is 32.1. The summed E-state index contributed by atoms with van der Waals surface area (Å²) in [7, 11) is 1.65. The van der Waals surface area contributed by atoms with E-state index in [-0.39, 0.29) is 0 Å². The molecular formula is C14H17NO2S. The minimum Gasteiger partial charge on any atom is -0.495 e. The van der Waals surface area contributed by atoms with Crippen molar-refractivity contribution in [1.29, 1.82) is 0 Å². The lowest BCUT2D eigenvalue weighted by Gasteiger charge is -2.12. The van der Waals surface area contributed by atoms with Gasteiger partial charge in [-0.3, -0.25) is 0 Å². The zero-order valence-electron chi connectivity index (χ0n) is 10.3. The molecule has 2 N–H and O–H groups in total. The van der Waals surface area contributed by atoms with Crippen LogP contribution in [0.2, 0.25) is 0 Å². The molecule has 18 heavy (non-hydrogen) atoms. The van der Waals surface area contributed by atoms with Crippen molar-refractivity contribution < 1.29 is 9.84 Å². The molecule has 0 amide bonds. The van der Waals surface area contributed by atoms with E-state index in [0.29, 0.717) is 13.0 Å². The SMILES string of the molecule is COc1ccccc1NCCC(O)c1cccs1. The summed E-state index contributed by atoms with van der Waals surface area (Å²) in [5.41, 5.74) is 0.957. The fraction of sp³-hybridized carbons (Fsp3) is 0.286. The summed E-state index contributed by atoms with van der Waals surface area (Å²) >= 11 is 1.58. The van der Waals surface area contributed by atoms with Crippen LogP contribution in [0.5, 0.6) is 5.75 Å². The molecule has 0 saturated heterocycles. The molecule has 0 aliphatic carbocycles. The van der Waals surface area contributed by atoms with Gasteiger partial charge < -0.3 is 15.2 Å². The van der Waals surface area contributed by atoms with E-state index in [1.807, 2.05) is 41.8 Å². The first kappa shape index (κ1) is 12.9. The van der Waals surface area contributed by atoms with E-state index in [9.17, 15) is 5.11 Å². The van der Waals surface area contributed by atoms with E-state index < -0.39 is 6.10 Å². The van der Waals surface area contributed by atoms with Crippen molar-refractivity contribution in [2.75, 3.05) is 19.0 Å². The van der Waals surface area contributed by atoms with E-state index in [0.717, 1.165) is 16.3 Å². The van der Waals surface area contributed by atoms with Crippen LogP contribution in [0, 0.1) is 0 Å². The Morgan fingerprint density at radius 2 is 2.11 bits per heavy atom. The van der Waals surface area contributed by atoms with E-state index in [4.69, 9.17) is 4.74 Å². The lowest BCUT2D eigenvalue weighted by atomic mass is 10.2. The second-order valence-electron chi connectivity index (χ2n) is 3.95. The number of benzene rings is 1. The molecule has 1 atom stereocenters. The fourth-order valence-corrected chi connectivity index (χ4v) is 2.50. The Balaban J connectivity index is 1.85. The second-order valence-corrected chi connectivity index (χ2v) is 4.93. The normalized spacial score (nSPS) is 12.1. The molecule has 1 heterocycles. The zero-order valence-corrected chi connectivity index (χ0v) is 11.1. The van der Waals surface area contributed by atoms with Gasteiger partial charge in [0.1, 0.15) is 5.75 Å². The number of nitrogens with one attached hydrogen (secondary N) is 1. The number of thiophene rings is 1. The van der Waals surface area contributed by atoms with Crippen LogP contribution in [0.1, 0.15) is 17.4 Å². The van der Waals surface area contributed by atoms with E-state index in [1.165, 1.54) is 0 Å². The average Bonchev–Trinajstić information content (AvgIpc) is 2.93. The molecule has 0 bridgehead atoms. The molecule has 0 radical (unpaired) electrons. The quantitative estimate of drug-likeness (QED) is 0.840. The maximum atomic E-state index is 9.95. The molecule has 0 fully saturated rings. The van der Waals surface area contributed by atoms with Crippen LogP contribution in [-0.4, -0.2) is 18.8 Å². The van der Waals surface area contributed by atoms with Gasteiger partial charge >= 0.3 is 0 Å². The number of aliphatic hydroxyl groups excluding tert-OH is 1. The maximum Gasteiger partial charge on any atom is 0.141 e. The average molecular weight is 263 g/mol. The Morgan fingerprint density at radius 3 is 2.83 bits per heavy atom. The van der Waals surface area contributed by atoms with Crippen LogP contribution in [0.3, 0.4) is 0 Å². The number of rotatable bonds is 6. The predicted molar refractivity (Wildman–Crippen MR) is 75.4 cm³/mol. The Morgan fingerprint density at radius 1 is 1.28 bits per heavy atom. The number of methoxy groups -OCH3 is 1. The van der Waals surface area contributed by atoms with Gasteiger partial charge in [0.05, 0.1) is 18.9 Å². The first-order chi connectivity index (χ1) is 8.81. The minimum atomic E-state index is -0.396. The van der Waals surface area contributed by atoms with Crippen LogP contribution < -0.4 is 10.1 Å². The molecule has 4 heteroatoms. The van der Waals surface area contributed by atoms with Crippen molar-refractivity contribution in [2.24, 2.45) is 0 Å². The van der Waals surface area contributed by atoms with Crippen molar-refractivity contribution >= 4 is 17.0 Å². The van der Waals surface area contributed by atoms with Crippen LogP contribution >= 0.6 is 11.3 Å². The van der Waals surface area contributed by atoms with E-state index in [1.54, 1.807) is 18.4 Å². The van der Waals surface area contributed by atoms with Gasteiger partial charge in [0.2, 0.25) is 0 Å². The molecule has 2 rings (SSSR count). The van der Waals surface area contributed by atoms with Crippen LogP contribution in [0.15, 0.2) is 41.8 Å². The molecule has 96 valence electrons. The van der Waals surface area contributed by atoms with E-state index >= 15 is 0 Å². The second kappa shape index (κ2) is 6.42. The molecule has 3 nitrogen and oxygen atoms in total. The Hall–Kier alpha value is -1.52. The topological polar surface area (TPSA) is 41.5 Å².